The predicted molar refractivity (Wildman–Crippen MR) is 79.6 cm³/mol. The Kier molecular flexibility index (Phi) is 4.76. The fourth-order valence-corrected chi connectivity index (χ4v) is 4.59. The summed E-state index contributed by atoms with van der Waals surface area (Å²) in [7, 11) is -3.38. The summed E-state index contributed by atoms with van der Waals surface area (Å²) in [6, 6.07) is 7.76. The van der Waals surface area contributed by atoms with Gasteiger partial charge in [0.25, 0.3) is 0 Å². The Morgan fingerprint density at radius 2 is 1.71 bits per heavy atom. The molecule has 0 heterocycles. The van der Waals surface area contributed by atoms with Crippen LogP contribution in [0.3, 0.4) is 0 Å². The highest BCUT2D eigenvalue weighted by molar-refractivity contribution is 7.93. The van der Waals surface area contributed by atoms with Gasteiger partial charge in [0.1, 0.15) is 5.71 Å². The molecule has 0 radical (unpaired) electrons. The SMILES string of the molecule is C/N=C(/c1ccccc1)C(F)(F)S(=O)(=O)C1CCCCC1. The minimum Gasteiger partial charge on any atom is -0.285 e. The normalized spacial score (nSPS) is 18.7. The van der Waals surface area contributed by atoms with Gasteiger partial charge < -0.3 is 0 Å². The van der Waals surface area contributed by atoms with Crippen molar-refractivity contribution in [1.82, 2.24) is 0 Å². The number of aliphatic imine (C=N–C) groups is 1. The zero-order valence-corrected chi connectivity index (χ0v) is 12.7. The molecule has 116 valence electrons. The van der Waals surface area contributed by atoms with Crippen LogP contribution in [0, 0.1) is 0 Å². The van der Waals surface area contributed by atoms with E-state index < -0.39 is 26.1 Å². The van der Waals surface area contributed by atoms with Crippen molar-refractivity contribution in [3.63, 3.8) is 0 Å². The molecule has 0 saturated heterocycles. The van der Waals surface area contributed by atoms with Crippen LogP contribution in [-0.2, 0) is 9.84 Å². The Morgan fingerprint density at radius 1 is 1.14 bits per heavy atom. The van der Waals surface area contributed by atoms with E-state index in [1.807, 2.05) is 0 Å². The number of benzene rings is 1. The third kappa shape index (κ3) is 3.00. The van der Waals surface area contributed by atoms with Gasteiger partial charge in [-0.3, -0.25) is 4.99 Å². The summed E-state index contributed by atoms with van der Waals surface area (Å²) in [5.74, 6) is 0. The molecule has 2 rings (SSSR count). The van der Waals surface area contributed by atoms with E-state index in [1.165, 1.54) is 19.2 Å². The fraction of sp³-hybridized carbons (Fsp3) is 0.533. The van der Waals surface area contributed by atoms with Crippen molar-refractivity contribution < 1.29 is 17.2 Å². The Morgan fingerprint density at radius 3 is 2.24 bits per heavy atom. The van der Waals surface area contributed by atoms with Crippen molar-refractivity contribution in [2.75, 3.05) is 7.05 Å². The van der Waals surface area contributed by atoms with Crippen molar-refractivity contribution in [3.05, 3.63) is 35.9 Å². The highest BCUT2D eigenvalue weighted by Crippen LogP contribution is 2.36. The predicted octanol–water partition coefficient (Wildman–Crippen LogP) is 3.45. The van der Waals surface area contributed by atoms with Crippen LogP contribution in [0.15, 0.2) is 35.3 Å². The van der Waals surface area contributed by atoms with Crippen molar-refractivity contribution in [3.8, 4) is 0 Å². The lowest BCUT2D eigenvalue weighted by atomic mass is 10.0. The second-order valence-corrected chi connectivity index (χ2v) is 7.53. The van der Waals surface area contributed by atoms with Crippen LogP contribution in [0.5, 0.6) is 0 Å². The fourth-order valence-electron chi connectivity index (χ4n) is 2.74. The largest absolute Gasteiger partial charge is 0.387 e. The summed E-state index contributed by atoms with van der Waals surface area (Å²) in [6.07, 6.45) is 2.90. The van der Waals surface area contributed by atoms with Gasteiger partial charge in [0.15, 0.2) is 0 Å². The third-order valence-electron chi connectivity index (χ3n) is 3.89. The Balaban J connectivity index is 2.39. The molecule has 1 aliphatic rings. The van der Waals surface area contributed by atoms with E-state index in [0.29, 0.717) is 25.7 Å². The molecule has 1 aliphatic carbocycles. The number of sulfone groups is 1. The molecule has 0 aliphatic heterocycles. The molecule has 0 N–H and O–H groups in total. The van der Waals surface area contributed by atoms with Crippen molar-refractivity contribution in [2.45, 2.75) is 42.6 Å². The first kappa shape index (κ1) is 16.1. The van der Waals surface area contributed by atoms with Crippen molar-refractivity contribution in [2.24, 2.45) is 4.99 Å². The van der Waals surface area contributed by atoms with Gasteiger partial charge in [-0.15, -0.1) is 0 Å². The second-order valence-electron chi connectivity index (χ2n) is 5.26. The van der Waals surface area contributed by atoms with E-state index in [2.05, 4.69) is 4.99 Å². The zero-order chi connectivity index (χ0) is 15.5. The van der Waals surface area contributed by atoms with Crippen molar-refractivity contribution in [1.29, 1.82) is 0 Å². The summed E-state index contributed by atoms with van der Waals surface area (Å²) in [5, 5.41) is -4.92. The van der Waals surface area contributed by atoms with E-state index in [1.54, 1.807) is 18.2 Å². The highest BCUT2D eigenvalue weighted by Gasteiger charge is 2.53. The van der Waals surface area contributed by atoms with E-state index in [0.717, 1.165) is 6.42 Å². The molecule has 0 atom stereocenters. The Labute approximate surface area is 124 Å². The maximum Gasteiger partial charge on any atom is 0.387 e. The van der Waals surface area contributed by atoms with Gasteiger partial charge in [-0.2, -0.15) is 8.78 Å². The number of alkyl halides is 2. The quantitative estimate of drug-likeness (QED) is 0.799. The first-order valence-corrected chi connectivity index (χ1v) is 8.60. The summed E-state index contributed by atoms with van der Waals surface area (Å²) in [5.41, 5.74) is -0.530. The minimum atomic E-state index is -4.59. The first-order valence-electron chi connectivity index (χ1n) is 7.05. The van der Waals surface area contributed by atoms with Crippen LogP contribution in [0.2, 0.25) is 0 Å². The maximum atomic E-state index is 14.6. The van der Waals surface area contributed by atoms with Gasteiger partial charge in [-0.25, -0.2) is 8.42 Å². The highest BCUT2D eigenvalue weighted by atomic mass is 32.2. The Bertz CT molecular complexity index is 606. The first-order chi connectivity index (χ1) is 9.91. The van der Waals surface area contributed by atoms with Crippen LogP contribution in [-0.4, -0.2) is 31.7 Å². The summed E-state index contributed by atoms with van der Waals surface area (Å²) < 4.78 is 53.9. The zero-order valence-electron chi connectivity index (χ0n) is 11.9. The number of hydrogen-bond donors (Lipinski definition) is 0. The molecule has 0 spiro atoms. The standard InChI is InChI=1S/C15H19F2NO2S/c1-18-14(12-8-4-2-5-9-12)15(16,17)21(19,20)13-10-6-3-7-11-13/h2,4-5,8-9,13H,3,6-7,10-11H2,1H3/b18-14-. The lowest BCUT2D eigenvalue weighted by molar-refractivity contribution is 0.166. The van der Waals surface area contributed by atoms with Crippen LogP contribution in [0.25, 0.3) is 0 Å². The molecular weight excluding hydrogens is 296 g/mol. The van der Waals surface area contributed by atoms with E-state index >= 15 is 0 Å². The van der Waals surface area contributed by atoms with Crippen LogP contribution < -0.4 is 0 Å². The molecule has 3 nitrogen and oxygen atoms in total. The molecule has 0 amide bonds. The topological polar surface area (TPSA) is 46.5 Å². The molecule has 1 saturated carbocycles. The molecule has 6 heteroatoms. The number of rotatable bonds is 4. The molecule has 1 aromatic carbocycles. The Hall–Kier alpha value is -1.30. The van der Waals surface area contributed by atoms with E-state index in [4.69, 9.17) is 0 Å². The minimum absolute atomic E-state index is 0.143. The molecule has 1 aromatic rings. The number of hydrogen-bond acceptors (Lipinski definition) is 3. The summed E-state index contributed by atoms with van der Waals surface area (Å²) in [4.78, 5) is 3.58. The molecule has 0 unspecified atom stereocenters. The average Bonchev–Trinajstić information content (AvgIpc) is 2.49. The summed E-state index contributed by atoms with van der Waals surface area (Å²) >= 11 is 0. The summed E-state index contributed by atoms with van der Waals surface area (Å²) in [6.45, 7) is 0. The van der Waals surface area contributed by atoms with Gasteiger partial charge in [0, 0.05) is 12.6 Å². The lowest BCUT2D eigenvalue weighted by Gasteiger charge is -2.27. The molecule has 1 fully saturated rings. The lowest BCUT2D eigenvalue weighted by Crippen LogP contribution is -2.45. The monoisotopic (exact) mass is 315 g/mol. The molecular formula is C15H19F2NO2S. The number of halogens is 2. The van der Waals surface area contributed by atoms with Crippen LogP contribution >= 0.6 is 0 Å². The third-order valence-corrected chi connectivity index (χ3v) is 6.15. The van der Waals surface area contributed by atoms with Gasteiger partial charge in [0.2, 0.25) is 9.84 Å². The molecule has 0 aromatic heterocycles. The van der Waals surface area contributed by atoms with Gasteiger partial charge >= 0.3 is 5.25 Å². The van der Waals surface area contributed by atoms with Gasteiger partial charge in [0.05, 0.1) is 5.25 Å². The number of nitrogens with zero attached hydrogens (tertiary/aromatic N) is 1. The second kappa shape index (κ2) is 6.22. The molecule has 21 heavy (non-hydrogen) atoms. The average molecular weight is 315 g/mol. The molecule has 0 bridgehead atoms. The smallest absolute Gasteiger partial charge is 0.285 e. The van der Waals surface area contributed by atoms with Crippen LogP contribution in [0.4, 0.5) is 8.78 Å². The van der Waals surface area contributed by atoms with E-state index in [-0.39, 0.29) is 5.56 Å². The van der Waals surface area contributed by atoms with Crippen molar-refractivity contribution >= 4 is 15.5 Å². The van der Waals surface area contributed by atoms with Gasteiger partial charge in [-0.05, 0) is 12.8 Å². The van der Waals surface area contributed by atoms with E-state index in [9.17, 15) is 17.2 Å². The maximum absolute atomic E-state index is 14.6. The van der Waals surface area contributed by atoms with Gasteiger partial charge in [-0.1, -0.05) is 49.6 Å². The van der Waals surface area contributed by atoms with Crippen LogP contribution in [0.1, 0.15) is 37.7 Å².